The number of para-hydroxylation sites is 1. The van der Waals surface area contributed by atoms with Crippen molar-refractivity contribution in [3.8, 4) is 0 Å². The molecular weight excluding hydrogens is 240 g/mol. The standard InChI is InChI=1S/C15H22N2O2/c1-3-17-10-8-12(9-11-17)16-14-7-5-4-6-13(14)15(18)19-2/h4-7,12,16H,3,8-11H2,1-2H3. The molecule has 104 valence electrons. The van der Waals surface area contributed by atoms with Gasteiger partial charge < -0.3 is 15.0 Å². The fourth-order valence-electron chi connectivity index (χ4n) is 2.51. The predicted molar refractivity (Wildman–Crippen MR) is 76.5 cm³/mol. The third-order valence-electron chi connectivity index (χ3n) is 3.73. The maximum atomic E-state index is 11.7. The number of esters is 1. The summed E-state index contributed by atoms with van der Waals surface area (Å²) >= 11 is 0. The van der Waals surface area contributed by atoms with Gasteiger partial charge in [0.05, 0.1) is 12.7 Å². The molecule has 0 spiro atoms. The van der Waals surface area contributed by atoms with Crippen molar-refractivity contribution in [3.63, 3.8) is 0 Å². The van der Waals surface area contributed by atoms with Crippen molar-refractivity contribution in [1.29, 1.82) is 0 Å². The first kappa shape index (κ1) is 13.9. The highest BCUT2D eigenvalue weighted by atomic mass is 16.5. The summed E-state index contributed by atoms with van der Waals surface area (Å²) in [5, 5.41) is 3.48. The van der Waals surface area contributed by atoms with Crippen molar-refractivity contribution in [1.82, 2.24) is 4.90 Å². The smallest absolute Gasteiger partial charge is 0.339 e. The zero-order chi connectivity index (χ0) is 13.7. The van der Waals surface area contributed by atoms with Gasteiger partial charge in [0, 0.05) is 24.8 Å². The van der Waals surface area contributed by atoms with Crippen molar-refractivity contribution in [2.75, 3.05) is 32.1 Å². The van der Waals surface area contributed by atoms with Gasteiger partial charge in [-0.15, -0.1) is 0 Å². The molecule has 4 heteroatoms. The lowest BCUT2D eigenvalue weighted by molar-refractivity contribution is 0.0601. The van der Waals surface area contributed by atoms with Gasteiger partial charge in [-0.3, -0.25) is 0 Å². The monoisotopic (exact) mass is 262 g/mol. The molecule has 1 saturated heterocycles. The molecule has 1 heterocycles. The second-order valence-corrected chi connectivity index (χ2v) is 4.89. The number of likely N-dealkylation sites (tertiary alicyclic amines) is 1. The SMILES string of the molecule is CCN1CCC(Nc2ccccc2C(=O)OC)CC1. The molecule has 1 aliphatic heterocycles. The Balaban J connectivity index is 2.01. The van der Waals surface area contributed by atoms with E-state index < -0.39 is 0 Å². The van der Waals surface area contributed by atoms with Gasteiger partial charge in [0.25, 0.3) is 0 Å². The van der Waals surface area contributed by atoms with Gasteiger partial charge in [0.15, 0.2) is 0 Å². The van der Waals surface area contributed by atoms with Gasteiger partial charge >= 0.3 is 5.97 Å². The van der Waals surface area contributed by atoms with E-state index in [1.807, 2.05) is 18.2 Å². The normalized spacial score (nSPS) is 17.2. The van der Waals surface area contributed by atoms with Crippen LogP contribution in [-0.4, -0.2) is 43.7 Å². The molecule has 1 fully saturated rings. The van der Waals surface area contributed by atoms with Gasteiger partial charge in [-0.2, -0.15) is 0 Å². The minimum Gasteiger partial charge on any atom is -0.465 e. The van der Waals surface area contributed by atoms with E-state index in [4.69, 9.17) is 4.74 Å². The fourth-order valence-corrected chi connectivity index (χ4v) is 2.51. The summed E-state index contributed by atoms with van der Waals surface area (Å²) < 4.78 is 4.81. The summed E-state index contributed by atoms with van der Waals surface area (Å²) in [5.74, 6) is -0.283. The van der Waals surface area contributed by atoms with E-state index in [1.54, 1.807) is 6.07 Å². The lowest BCUT2D eigenvalue weighted by atomic mass is 10.0. The molecule has 4 nitrogen and oxygen atoms in total. The Hall–Kier alpha value is -1.55. The number of benzene rings is 1. The number of carbonyl (C=O) groups excluding carboxylic acids is 1. The van der Waals surface area contributed by atoms with E-state index in [1.165, 1.54) is 7.11 Å². The molecule has 1 aromatic rings. The maximum Gasteiger partial charge on any atom is 0.339 e. The second-order valence-electron chi connectivity index (χ2n) is 4.89. The van der Waals surface area contributed by atoms with Crippen LogP contribution in [0, 0.1) is 0 Å². The van der Waals surface area contributed by atoms with Gasteiger partial charge in [-0.25, -0.2) is 4.79 Å². The zero-order valence-corrected chi connectivity index (χ0v) is 11.7. The summed E-state index contributed by atoms with van der Waals surface area (Å²) in [6.07, 6.45) is 2.23. The van der Waals surface area contributed by atoms with Gasteiger partial charge in [-0.05, 0) is 31.5 Å². The Bertz CT molecular complexity index is 426. The van der Waals surface area contributed by atoms with Crippen LogP contribution in [0.1, 0.15) is 30.1 Å². The average Bonchev–Trinajstić information content (AvgIpc) is 2.48. The molecule has 0 aliphatic carbocycles. The molecule has 1 N–H and O–H groups in total. The summed E-state index contributed by atoms with van der Waals surface area (Å²) in [4.78, 5) is 14.2. The van der Waals surface area contributed by atoms with Crippen molar-refractivity contribution in [2.45, 2.75) is 25.8 Å². The number of nitrogens with zero attached hydrogens (tertiary/aromatic N) is 1. The maximum absolute atomic E-state index is 11.7. The highest BCUT2D eigenvalue weighted by molar-refractivity contribution is 5.95. The Kier molecular flexibility index (Phi) is 4.80. The third kappa shape index (κ3) is 3.47. The van der Waals surface area contributed by atoms with Crippen molar-refractivity contribution < 1.29 is 9.53 Å². The fraction of sp³-hybridized carbons (Fsp3) is 0.533. The highest BCUT2D eigenvalue weighted by Crippen LogP contribution is 2.20. The van der Waals surface area contributed by atoms with Crippen LogP contribution in [0.3, 0.4) is 0 Å². The molecule has 0 saturated carbocycles. The van der Waals surface area contributed by atoms with E-state index in [2.05, 4.69) is 17.1 Å². The van der Waals surface area contributed by atoms with Crippen LogP contribution in [0.2, 0.25) is 0 Å². The first-order chi connectivity index (χ1) is 9.24. The Morgan fingerprint density at radius 2 is 2.05 bits per heavy atom. The Morgan fingerprint density at radius 1 is 1.37 bits per heavy atom. The topological polar surface area (TPSA) is 41.6 Å². The summed E-state index contributed by atoms with van der Waals surface area (Å²) in [7, 11) is 1.42. The molecule has 0 bridgehead atoms. The number of rotatable bonds is 4. The van der Waals surface area contributed by atoms with Crippen LogP contribution in [-0.2, 0) is 4.74 Å². The van der Waals surface area contributed by atoms with E-state index in [-0.39, 0.29) is 5.97 Å². The highest BCUT2D eigenvalue weighted by Gasteiger charge is 2.19. The molecular formula is C15H22N2O2. The number of ether oxygens (including phenoxy) is 1. The van der Waals surface area contributed by atoms with Gasteiger partial charge in [0.1, 0.15) is 0 Å². The minimum atomic E-state index is -0.283. The molecule has 0 radical (unpaired) electrons. The second kappa shape index (κ2) is 6.57. The molecule has 1 aromatic carbocycles. The van der Waals surface area contributed by atoms with E-state index in [0.29, 0.717) is 11.6 Å². The molecule has 0 aromatic heterocycles. The van der Waals surface area contributed by atoms with Gasteiger partial charge in [0.2, 0.25) is 0 Å². The quantitative estimate of drug-likeness (QED) is 0.846. The lowest BCUT2D eigenvalue weighted by Crippen LogP contribution is -2.39. The molecule has 1 aliphatic rings. The molecule has 19 heavy (non-hydrogen) atoms. The van der Waals surface area contributed by atoms with Crippen molar-refractivity contribution >= 4 is 11.7 Å². The first-order valence-electron chi connectivity index (χ1n) is 6.90. The van der Waals surface area contributed by atoms with Crippen LogP contribution < -0.4 is 5.32 Å². The molecule has 2 rings (SSSR count). The number of piperidine rings is 1. The number of hydrogen-bond donors (Lipinski definition) is 1. The number of hydrogen-bond acceptors (Lipinski definition) is 4. The summed E-state index contributed by atoms with van der Waals surface area (Å²) in [6.45, 7) is 5.55. The number of nitrogens with one attached hydrogen (secondary N) is 1. The largest absolute Gasteiger partial charge is 0.465 e. The van der Waals surface area contributed by atoms with E-state index in [9.17, 15) is 4.79 Å². The Morgan fingerprint density at radius 3 is 2.68 bits per heavy atom. The Labute approximate surface area is 114 Å². The van der Waals surface area contributed by atoms with Crippen molar-refractivity contribution in [3.05, 3.63) is 29.8 Å². The van der Waals surface area contributed by atoms with E-state index >= 15 is 0 Å². The molecule has 0 amide bonds. The van der Waals surface area contributed by atoms with Crippen LogP contribution in [0.4, 0.5) is 5.69 Å². The summed E-state index contributed by atoms with van der Waals surface area (Å²) in [5.41, 5.74) is 1.49. The van der Waals surface area contributed by atoms with E-state index in [0.717, 1.165) is 38.2 Å². The van der Waals surface area contributed by atoms with Gasteiger partial charge in [-0.1, -0.05) is 19.1 Å². The van der Waals surface area contributed by atoms with Crippen molar-refractivity contribution in [2.24, 2.45) is 0 Å². The van der Waals surface area contributed by atoms with Crippen LogP contribution in [0.15, 0.2) is 24.3 Å². The third-order valence-corrected chi connectivity index (χ3v) is 3.73. The minimum absolute atomic E-state index is 0.283. The first-order valence-corrected chi connectivity index (χ1v) is 6.90. The number of carbonyl (C=O) groups is 1. The zero-order valence-electron chi connectivity index (χ0n) is 11.7. The van der Waals surface area contributed by atoms with Crippen LogP contribution >= 0.6 is 0 Å². The number of methoxy groups -OCH3 is 1. The predicted octanol–water partition coefficient (Wildman–Crippen LogP) is 2.37. The summed E-state index contributed by atoms with van der Waals surface area (Å²) in [6, 6.07) is 7.98. The van der Waals surface area contributed by atoms with Crippen LogP contribution in [0.5, 0.6) is 0 Å². The number of anilines is 1. The molecule has 0 unspecified atom stereocenters. The van der Waals surface area contributed by atoms with Crippen LogP contribution in [0.25, 0.3) is 0 Å². The lowest BCUT2D eigenvalue weighted by Gasteiger charge is -2.32. The molecule has 0 atom stereocenters. The average molecular weight is 262 g/mol.